The molecule has 24 heavy (non-hydrogen) atoms. The van der Waals surface area contributed by atoms with Crippen LogP contribution >= 0.6 is 11.3 Å². The number of amides is 1. The van der Waals surface area contributed by atoms with Crippen LogP contribution in [-0.4, -0.2) is 10.9 Å². The van der Waals surface area contributed by atoms with E-state index in [9.17, 15) is 9.18 Å². The van der Waals surface area contributed by atoms with Crippen LogP contribution in [0.5, 0.6) is 0 Å². The standard InChI is InChI=1S/C19H17FN2OS/c1-2-16-18(14-6-4-3-5-7-14)22-19(24-16)21-17(23)12-13-8-10-15(20)11-9-13/h3-11H,2,12H2,1H3,(H,21,22,23). The summed E-state index contributed by atoms with van der Waals surface area (Å²) in [6.07, 6.45) is 1.05. The Labute approximate surface area is 144 Å². The molecular weight excluding hydrogens is 323 g/mol. The van der Waals surface area contributed by atoms with E-state index in [1.165, 1.54) is 23.5 Å². The summed E-state index contributed by atoms with van der Waals surface area (Å²) in [5.74, 6) is -0.461. The number of thiazole rings is 1. The third-order valence-electron chi connectivity index (χ3n) is 3.59. The molecule has 1 aromatic heterocycles. The number of rotatable bonds is 5. The Bertz CT molecular complexity index is 828. The predicted octanol–water partition coefficient (Wildman–Crippen LogP) is 4.69. The van der Waals surface area contributed by atoms with Gasteiger partial charge in [0.25, 0.3) is 0 Å². The van der Waals surface area contributed by atoms with Crippen LogP contribution in [0, 0.1) is 5.82 Å². The SMILES string of the molecule is CCc1sc(NC(=O)Cc2ccc(F)cc2)nc1-c1ccccc1. The van der Waals surface area contributed by atoms with Gasteiger partial charge in [0, 0.05) is 10.4 Å². The lowest BCUT2D eigenvalue weighted by molar-refractivity contribution is -0.115. The van der Waals surface area contributed by atoms with Gasteiger partial charge in [0.15, 0.2) is 5.13 Å². The van der Waals surface area contributed by atoms with Gasteiger partial charge in [0.1, 0.15) is 5.82 Å². The molecule has 0 unspecified atom stereocenters. The molecule has 0 aliphatic rings. The summed E-state index contributed by atoms with van der Waals surface area (Å²) in [5.41, 5.74) is 2.73. The second-order valence-electron chi connectivity index (χ2n) is 5.36. The van der Waals surface area contributed by atoms with Gasteiger partial charge in [0.2, 0.25) is 5.91 Å². The Balaban J connectivity index is 1.74. The lowest BCUT2D eigenvalue weighted by atomic mass is 10.1. The first-order valence-electron chi connectivity index (χ1n) is 7.75. The molecule has 0 spiro atoms. The van der Waals surface area contributed by atoms with Crippen LogP contribution in [0.3, 0.4) is 0 Å². The number of aromatic nitrogens is 1. The first-order valence-corrected chi connectivity index (χ1v) is 8.56. The fraction of sp³-hybridized carbons (Fsp3) is 0.158. The minimum absolute atomic E-state index is 0.155. The van der Waals surface area contributed by atoms with Crippen LogP contribution < -0.4 is 5.32 Å². The normalized spacial score (nSPS) is 10.6. The minimum atomic E-state index is -0.306. The van der Waals surface area contributed by atoms with Crippen LogP contribution in [-0.2, 0) is 17.6 Å². The number of aryl methyl sites for hydroxylation is 1. The Kier molecular flexibility index (Phi) is 5.01. The maximum absolute atomic E-state index is 12.9. The van der Waals surface area contributed by atoms with Crippen LogP contribution in [0.2, 0.25) is 0 Å². The second kappa shape index (κ2) is 7.36. The molecule has 0 fully saturated rings. The number of halogens is 1. The molecule has 0 saturated carbocycles. The second-order valence-corrected chi connectivity index (χ2v) is 6.45. The van der Waals surface area contributed by atoms with E-state index in [2.05, 4.69) is 17.2 Å². The number of anilines is 1. The van der Waals surface area contributed by atoms with E-state index >= 15 is 0 Å². The smallest absolute Gasteiger partial charge is 0.230 e. The van der Waals surface area contributed by atoms with Crippen LogP contribution in [0.25, 0.3) is 11.3 Å². The van der Waals surface area contributed by atoms with Crippen molar-refractivity contribution in [1.82, 2.24) is 4.98 Å². The predicted molar refractivity (Wildman–Crippen MR) is 95.7 cm³/mol. The largest absolute Gasteiger partial charge is 0.302 e. The maximum atomic E-state index is 12.9. The van der Waals surface area contributed by atoms with Crippen LogP contribution in [0.1, 0.15) is 17.4 Å². The Morgan fingerprint density at radius 3 is 2.50 bits per heavy atom. The van der Waals surface area contributed by atoms with E-state index in [4.69, 9.17) is 0 Å². The van der Waals surface area contributed by atoms with Crippen molar-refractivity contribution in [3.05, 3.63) is 70.9 Å². The highest BCUT2D eigenvalue weighted by Crippen LogP contribution is 2.31. The van der Waals surface area contributed by atoms with Gasteiger partial charge in [-0.1, -0.05) is 49.4 Å². The molecule has 0 atom stereocenters. The zero-order valence-electron chi connectivity index (χ0n) is 13.3. The van der Waals surface area contributed by atoms with Crippen molar-refractivity contribution in [2.24, 2.45) is 0 Å². The van der Waals surface area contributed by atoms with E-state index in [1.807, 2.05) is 30.3 Å². The van der Waals surface area contributed by atoms with Gasteiger partial charge in [-0.05, 0) is 24.1 Å². The van der Waals surface area contributed by atoms with Crippen LogP contribution in [0.4, 0.5) is 9.52 Å². The molecule has 0 saturated heterocycles. The highest BCUT2D eigenvalue weighted by atomic mass is 32.1. The lowest BCUT2D eigenvalue weighted by Gasteiger charge is -2.02. The Morgan fingerprint density at radius 2 is 1.83 bits per heavy atom. The topological polar surface area (TPSA) is 42.0 Å². The lowest BCUT2D eigenvalue weighted by Crippen LogP contribution is -2.14. The number of carbonyl (C=O) groups excluding carboxylic acids is 1. The Morgan fingerprint density at radius 1 is 1.12 bits per heavy atom. The molecule has 5 heteroatoms. The third kappa shape index (κ3) is 3.86. The molecule has 1 heterocycles. The fourth-order valence-corrected chi connectivity index (χ4v) is 3.36. The van der Waals surface area contributed by atoms with Gasteiger partial charge in [-0.25, -0.2) is 9.37 Å². The molecule has 0 aliphatic carbocycles. The fourth-order valence-electron chi connectivity index (χ4n) is 2.42. The average Bonchev–Trinajstić information content (AvgIpc) is 3.00. The van der Waals surface area contributed by atoms with Crippen LogP contribution in [0.15, 0.2) is 54.6 Å². The Hall–Kier alpha value is -2.53. The summed E-state index contributed by atoms with van der Waals surface area (Å²) < 4.78 is 12.9. The number of nitrogens with zero attached hydrogens (tertiary/aromatic N) is 1. The van der Waals surface area contributed by atoms with Crippen molar-refractivity contribution in [3.63, 3.8) is 0 Å². The molecule has 3 aromatic rings. The van der Waals surface area contributed by atoms with Crippen molar-refractivity contribution in [3.8, 4) is 11.3 Å². The summed E-state index contributed by atoms with van der Waals surface area (Å²) in [6.45, 7) is 2.07. The third-order valence-corrected chi connectivity index (χ3v) is 4.71. The maximum Gasteiger partial charge on any atom is 0.230 e. The average molecular weight is 340 g/mol. The molecule has 0 radical (unpaired) electrons. The van der Waals surface area contributed by atoms with Crippen molar-refractivity contribution < 1.29 is 9.18 Å². The van der Waals surface area contributed by atoms with Gasteiger partial charge in [-0.3, -0.25) is 4.79 Å². The zero-order valence-corrected chi connectivity index (χ0v) is 14.1. The van der Waals surface area contributed by atoms with Gasteiger partial charge < -0.3 is 5.32 Å². The monoisotopic (exact) mass is 340 g/mol. The molecule has 0 aliphatic heterocycles. The van der Waals surface area contributed by atoms with E-state index < -0.39 is 0 Å². The van der Waals surface area contributed by atoms with E-state index in [-0.39, 0.29) is 18.1 Å². The molecule has 0 bridgehead atoms. The number of nitrogens with one attached hydrogen (secondary N) is 1. The van der Waals surface area contributed by atoms with Crippen molar-refractivity contribution in [2.45, 2.75) is 19.8 Å². The van der Waals surface area contributed by atoms with E-state index in [0.717, 1.165) is 28.1 Å². The highest BCUT2D eigenvalue weighted by molar-refractivity contribution is 7.16. The highest BCUT2D eigenvalue weighted by Gasteiger charge is 2.13. The summed E-state index contributed by atoms with van der Waals surface area (Å²) in [7, 11) is 0. The van der Waals surface area contributed by atoms with Crippen molar-refractivity contribution in [2.75, 3.05) is 5.32 Å². The van der Waals surface area contributed by atoms with E-state index in [1.54, 1.807) is 12.1 Å². The van der Waals surface area contributed by atoms with Gasteiger partial charge >= 0.3 is 0 Å². The summed E-state index contributed by atoms with van der Waals surface area (Å²) in [6, 6.07) is 15.9. The molecule has 1 amide bonds. The minimum Gasteiger partial charge on any atom is -0.302 e. The molecule has 2 aromatic carbocycles. The first-order chi connectivity index (χ1) is 11.7. The van der Waals surface area contributed by atoms with Crippen molar-refractivity contribution in [1.29, 1.82) is 0 Å². The van der Waals surface area contributed by atoms with Gasteiger partial charge in [-0.2, -0.15) is 0 Å². The number of hydrogen-bond donors (Lipinski definition) is 1. The number of carbonyl (C=O) groups is 1. The summed E-state index contributed by atoms with van der Waals surface area (Å²) in [4.78, 5) is 17.9. The van der Waals surface area contributed by atoms with Crippen molar-refractivity contribution >= 4 is 22.4 Å². The van der Waals surface area contributed by atoms with E-state index in [0.29, 0.717) is 5.13 Å². The number of hydrogen-bond acceptors (Lipinski definition) is 3. The summed E-state index contributed by atoms with van der Waals surface area (Å²) >= 11 is 1.49. The molecule has 122 valence electrons. The van der Waals surface area contributed by atoms with Gasteiger partial charge in [-0.15, -0.1) is 11.3 Å². The van der Waals surface area contributed by atoms with Gasteiger partial charge in [0.05, 0.1) is 12.1 Å². The first kappa shape index (κ1) is 16.3. The molecule has 3 nitrogen and oxygen atoms in total. The quantitative estimate of drug-likeness (QED) is 0.732. The molecular formula is C19H17FN2OS. The number of benzene rings is 2. The zero-order chi connectivity index (χ0) is 16.9. The molecule has 3 rings (SSSR count). The summed E-state index contributed by atoms with van der Waals surface area (Å²) in [5, 5.41) is 3.44. The molecule has 1 N–H and O–H groups in total.